The van der Waals surface area contributed by atoms with Crippen LogP contribution in [-0.2, 0) is 22.6 Å². The van der Waals surface area contributed by atoms with Gasteiger partial charge in [-0.25, -0.2) is 4.79 Å². The molecule has 0 saturated carbocycles. The fourth-order valence-corrected chi connectivity index (χ4v) is 3.42. The zero-order valence-electron chi connectivity index (χ0n) is 10.7. The van der Waals surface area contributed by atoms with Crippen molar-refractivity contribution in [3.05, 3.63) is 33.7 Å². The number of rotatable bonds is 5. The maximum absolute atomic E-state index is 10.4. The molecule has 0 bridgehead atoms. The normalized spacial score (nSPS) is 17.9. The van der Waals surface area contributed by atoms with Crippen LogP contribution < -0.4 is 0 Å². The van der Waals surface area contributed by atoms with Crippen LogP contribution in [0.4, 0.5) is 0 Å². The van der Waals surface area contributed by atoms with E-state index in [1.807, 2.05) is 0 Å². The first-order chi connectivity index (χ1) is 9.74. The lowest BCUT2D eigenvalue weighted by atomic mass is 9.88. The Labute approximate surface area is 119 Å². The largest absolute Gasteiger partial charge is 0.480 e. The summed E-state index contributed by atoms with van der Waals surface area (Å²) < 4.78 is 10.5. The number of hydrogen-bond donors (Lipinski definition) is 1. The molecule has 0 aliphatic heterocycles. The van der Waals surface area contributed by atoms with E-state index in [4.69, 9.17) is 14.3 Å². The highest BCUT2D eigenvalue weighted by molar-refractivity contribution is 7.10. The summed E-state index contributed by atoms with van der Waals surface area (Å²) in [6.45, 7) is -0.335. The van der Waals surface area contributed by atoms with Crippen LogP contribution in [0.25, 0.3) is 0 Å². The highest BCUT2D eigenvalue weighted by atomic mass is 32.1. The number of carboxylic acid groups (broad SMARTS) is 1. The summed E-state index contributed by atoms with van der Waals surface area (Å²) in [5.74, 6) is 0.0625. The van der Waals surface area contributed by atoms with E-state index >= 15 is 0 Å². The first-order valence-electron chi connectivity index (χ1n) is 6.42. The van der Waals surface area contributed by atoms with E-state index in [0.717, 1.165) is 19.3 Å². The number of aryl methyl sites for hydroxylation is 1. The van der Waals surface area contributed by atoms with Crippen LogP contribution in [0.15, 0.2) is 15.9 Å². The molecule has 3 rings (SSSR count). The summed E-state index contributed by atoms with van der Waals surface area (Å²) in [4.78, 5) is 11.8. The Kier molecular flexibility index (Phi) is 3.79. The second-order valence-electron chi connectivity index (χ2n) is 4.66. The number of hydrogen-bond acceptors (Lipinski definition) is 6. The van der Waals surface area contributed by atoms with Crippen molar-refractivity contribution in [1.29, 1.82) is 0 Å². The van der Waals surface area contributed by atoms with E-state index in [0.29, 0.717) is 11.8 Å². The van der Waals surface area contributed by atoms with Gasteiger partial charge in [0.1, 0.15) is 13.2 Å². The predicted octanol–water partition coefficient (Wildman–Crippen LogP) is 2.20. The van der Waals surface area contributed by atoms with Crippen molar-refractivity contribution < 1.29 is 19.1 Å². The number of fused-ring (bicyclic) bond motifs is 1. The van der Waals surface area contributed by atoms with E-state index in [9.17, 15) is 4.79 Å². The maximum Gasteiger partial charge on any atom is 0.329 e. The molecule has 106 valence electrons. The fraction of sp³-hybridized carbons (Fsp3) is 0.462. The van der Waals surface area contributed by atoms with Gasteiger partial charge >= 0.3 is 5.97 Å². The standard InChI is InChI=1S/C13H14N2O4S/c16-12(17)7-18-6-11-14-15-13(19-11)9-2-1-3-10-8(9)4-5-20-10/h4-5,9H,1-3,6-7H2,(H,16,17). The van der Waals surface area contributed by atoms with Crippen molar-refractivity contribution in [3.8, 4) is 0 Å². The van der Waals surface area contributed by atoms with Crippen molar-refractivity contribution >= 4 is 17.3 Å². The molecule has 6 nitrogen and oxygen atoms in total. The zero-order valence-corrected chi connectivity index (χ0v) is 11.6. The molecular weight excluding hydrogens is 280 g/mol. The zero-order chi connectivity index (χ0) is 13.9. The van der Waals surface area contributed by atoms with Gasteiger partial charge in [-0.1, -0.05) is 0 Å². The number of aliphatic carboxylic acids is 1. The predicted molar refractivity (Wildman–Crippen MR) is 70.7 cm³/mol. The average molecular weight is 294 g/mol. The summed E-state index contributed by atoms with van der Waals surface area (Å²) in [5.41, 5.74) is 1.28. The molecule has 0 fully saturated rings. The van der Waals surface area contributed by atoms with Crippen LogP contribution >= 0.6 is 11.3 Å². The topological polar surface area (TPSA) is 85.5 Å². The smallest absolute Gasteiger partial charge is 0.329 e. The van der Waals surface area contributed by atoms with E-state index in [-0.39, 0.29) is 19.1 Å². The lowest BCUT2D eigenvalue weighted by Gasteiger charge is -2.18. The first kappa shape index (κ1) is 13.3. The molecule has 20 heavy (non-hydrogen) atoms. The van der Waals surface area contributed by atoms with E-state index < -0.39 is 5.97 Å². The molecule has 2 heterocycles. The molecule has 1 aliphatic carbocycles. The van der Waals surface area contributed by atoms with Crippen molar-refractivity contribution in [3.63, 3.8) is 0 Å². The third-order valence-corrected chi connectivity index (χ3v) is 4.28. The minimum atomic E-state index is -1.01. The summed E-state index contributed by atoms with van der Waals surface area (Å²) in [5, 5.41) is 18.6. The quantitative estimate of drug-likeness (QED) is 0.910. The molecule has 1 N–H and O–H groups in total. The second-order valence-corrected chi connectivity index (χ2v) is 5.67. The molecular formula is C13H14N2O4S. The second kappa shape index (κ2) is 5.72. The monoisotopic (exact) mass is 294 g/mol. The van der Waals surface area contributed by atoms with Crippen molar-refractivity contribution in [2.24, 2.45) is 0 Å². The summed E-state index contributed by atoms with van der Waals surface area (Å²) in [7, 11) is 0. The molecule has 1 unspecified atom stereocenters. The Balaban J connectivity index is 1.70. The maximum atomic E-state index is 10.4. The van der Waals surface area contributed by atoms with Gasteiger partial charge in [0, 0.05) is 4.88 Å². The number of ether oxygens (including phenoxy) is 1. The van der Waals surface area contributed by atoms with Crippen molar-refractivity contribution in [2.75, 3.05) is 6.61 Å². The number of carboxylic acids is 1. The van der Waals surface area contributed by atoms with Crippen LogP contribution in [-0.4, -0.2) is 27.9 Å². The summed E-state index contributed by atoms with van der Waals surface area (Å²) >= 11 is 1.77. The molecule has 0 aromatic carbocycles. The minimum Gasteiger partial charge on any atom is -0.480 e. The molecule has 2 aromatic heterocycles. The van der Waals surface area contributed by atoms with Gasteiger partial charge in [0.2, 0.25) is 11.8 Å². The van der Waals surface area contributed by atoms with Gasteiger partial charge in [0.05, 0.1) is 5.92 Å². The molecule has 0 saturated heterocycles. The van der Waals surface area contributed by atoms with Crippen molar-refractivity contribution in [1.82, 2.24) is 10.2 Å². The van der Waals surface area contributed by atoms with E-state index in [2.05, 4.69) is 21.6 Å². The van der Waals surface area contributed by atoms with Crippen LogP contribution in [0.3, 0.4) is 0 Å². The van der Waals surface area contributed by atoms with Gasteiger partial charge in [-0.05, 0) is 36.3 Å². The molecule has 0 amide bonds. The molecule has 0 radical (unpaired) electrons. The summed E-state index contributed by atoms with van der Waals surface area (Å²) in [6.07, 6.45) is 3.24. The van der Waals surface area contributed by atoms with Gasteiger partial charge in [-0.3, -0.25) is 0 Å². The van der Waals surface area contributed by atoms with Crippen LogP contribution in [0.2, 0.25) is 0 Å². The lowest BCUT2D eigenvalue weighted by molar-refractivity contribution is -0.142. The average Bonchev–Trinajstić information content (AvgIpc) is 3.06. The van der Waals surface area contributed by atoms with Crippen LogP contribution in [0.5, 0.6) is 0 Å². The molecule has 2 aromatic rings. The van der Waals surface area contributed by atoms with Crippen LogP contribution in [0, 0.1) is 0 Å². The van der Waals surface area contributed by atoms with E-state index in [1.54, 1.807) is 11.3 Å². The SMILES string of the molecule is O=C(O)COCc1nnc(C2CCCc3sccc32)o1. The Bertz CT molecular complexity index is 607. The number of thiophene rings is 1. The Morgan fingerprint density at radius 2 is 2.45 bits per heavy atom. The van der Waals surface area contributed by atoms with Gasteiger partial charge in [0.25, 0.3) is 0 Å². The Morgan fingerprint density at radius 3 is 3.30 bits per heavy atom. The molecule has 7 heteroatoms. The highest BCUT2D eigenvalue weighted by Crippen LogP contribution is 2.38. The van der Waals surface area contributed by atoms with Gasteiger partial charge < -0.3 is 14.3 Å². The molecule has 1 aliphatic rings. The summed E-state index contributed by atoms with van der Waals surface area (Å²) in [6, 6.07) is 2.12. The first-order valence-corrected chi connectivity index (χ1v) is 7.30. The highest BCUT2D eigenvalue weighted by Gasteiger charge is 2.27. The van der Waals surface area contributed by atoms with Gasteiger partial charge in [0.15, 0.2) is 0 Å². The number of carbonyl (C=O) groups is 1. The fourth-order valence-electron chi connectivity index (χ4n) is 2.43. The number of nitrogens with zero attached hydrogens (tertiary/aromatic N) is 2. The van der Waals surface area contributed by atoms with E-state index in [1.165, 1.54) is 10.4 Å². The Hall–Kier alpha value is -1.73. The number of aromatic nitrogens is 2. The van der Waals surface area contributed by atoms with Gasteiger partial charge in [-0.15, -0.1) is 21.5 Å². The molecule has 1 atom stereocenters. The Morgan fingerprint density at radius 1 is 1.55 bits per heavy atom. The lowest BCUT2D eigenvalue weighted by Crippen LogP contribution is -2.08. The third kappa shape index (κ3) is 2.73. The minimum absolute atomic E-state index is 0.0303. The third-order valence-electron chi connectivity index (χ3n) is 3.28. The van der Waals surface area contributed by atoms with Crippen LogP contribution in [0.1, 0.15) is 41.0 Å². The van der Waals surface area contributed by atoms with Crippen molar-refractivity contribution in [2.45, 2.75) is 31.8 Å². The van der Waals surface area contributed by atoms with Gasteiger partial charge in [-0.2, -0.15) is 0 Å². The molecule has 0 spiro atoms.